The molecule has 6 aliphatic rings. The maximum absolute atomic E-state index is 16.3. The summed E-state index contributed by atoms with van der Waals surface area (Å²) in [5.41, 5.74) is 1.15. The number of hydrogen-bond donors (Lipinski definition) is 1. The monoisotopic (exact) mass is 566 g/mol. The van der Waals surface area contributed by atoms with Gasteiger partial charge in [-0.1, -0.05) is 12.8 Å². The van der Waals surface area contributed by atoms with Crippen LogP contribution >= 0.6 is 0 Å². The molecule has 222 valence electrons. The van der Waals surface area contributed by atoms with Crippen LogP contribution in [0.4, 0.5) is 4.39 Å². The third kappa shape index (κ3) is 4.99. The fourth-order valence-electron chi connectivity index (χ4n) is 8.77. The van der Waals surface area contributed by atoms with Crippen molar-refractivity contribution in [1.29, 1.82) is 0 Å². The van der Waals surface area contributed by atoms with Crippen LogP contribution in [0.2, 0.25) is 0 Å². The molecule has 1 aromatic rings. The number of rotatable bonds is 6. The molecule has 0 bridgehead atoms. The summed E-state index contributed by atoms with van der Waals surface area (Å²) < 4.78 is 23.1. The minimum absolute atomic E-state index is 0.0106. The number of amides is 1. The number of likely N-dealkylation sites (tertiary alicyclic amines) is 2. The molecule has 9 nitrogen and oxygen atoms in total. The summed E-state index contributed by atoms with van der Waals surface area (Å²) >= 11 is 0. The van der Waals surface area contributed by atoms with Gasteiger partial charge in [0, 0.05) is 55.8 Å². The van der Waals surface area contributed by atoms with E-state index in [1.807, 2.05) is 12.4 Å². The predicted octanol–water partition coefficient (Wildman–Crippen LogP) is 2.44. The number of nitrogens with zero attached hydrogens (tertiary/aromatic N) is 5. The number of nitrogens with one attached hydrogen (secondary N) is 1. The number of hydrogen-bond acceptors (Lipinski definition) is 8. The molecule has 3 saturated heterocycles. The second-order valence-electron chi connectivity index (χ2n) is 13.1. The van der Waals surface area contributed by atoms with Gasteiger partial charge in [0.15, 0.2) is 5.78 Å². The number of halogens is 1. The number of alkyl halides is 1. The first-order valence-corrected chi connectivity index (χ1v) is 15.8. The maximum atomic E-state index is 16.3. The second kappa shape index (κ2) is 11.3. The van der Waals surface area contributed by atoms with Gasteiger partial charge in [0.25, 0.3) is 5.91 Å². The lowest BCUT2D eigenvalue weighted by Crippen LogP contribution is -2.73. The topological polar surface area (TPSA) is 90.9 Å². The number of carbonyl (C=O) groups is 2. The molecule has 9 atom stereocenters. The molecule has 8 unspecified atom stereocenters. The van der Waals surface area contributed by atoms with E-state index in [1.165, 1.54) is 6.42 Å². The fraction of sp³-hybridized carbons (Fsp3) is 0.742. The summed E-state index contributed by atoms with van der Waals surface area (Å²) in [5.74, 6) is -0.889. The highest BCUT2D eigenvalue weighted by Crippen LogP contribution is 2.47. The first-order chi connectivity index (χ1) is 20.0. The van der Waals surface area contributed by atoms with Crippen molar-refractivity contribution < 1.29 is 18.7 Å². The Hall–Kier alpha value is -2.43. The van der Waals surface area contributed by atoms with E-state index in [-0.39, 0.29) is 47.8 Å². The molecular formula is C31H43FN6O3. The van der Waals surface area contributed by atoms with Crippen molar-refractivity contribution in [1.82, 2.24) is 30.0 Å². The highest BCUT2D eigenvalue weighted by Gasteiger charge is 2.60. The van der Waals surface area contributed by atoms with Crippen molar-refractivity contribution in [3.63, 3.8) is 0 Å². The molecule has 2 aliphatic carbocycles. The normalized spacial score (nSPS) is 39.3. The Labute approximate surface area is 241 Å². The maximum Gasteiger partial charge on any atom is 0.256 e. The quantitative estimate of drug-likeness (QED) is 0.526. The average molecular weight is 567 g/mol. The summed E-state index contributed by atoms with van der Waals surface area (Å²) in [7, 11) is 2.13. The molecule has 0 aromatic carbocycles. The third-order valence-electron chi connectivity index (χ3n) is 10.9. The molecule has 0 radical (unpaired) electrons. The minimum Gasteiger partial charge on any atom is -0.369 e. The zero-order chi connectivity index (χ0) is 28.1. The van der Waals surface area contributed by atoms with Crippen molar-refractivity contribution in [3.8, 4) is 0 Å². The van der Waals surface area contributed by atoms with Gasteiger partial charge >= 0.3 is 0 Å². The van der Waals surface area contributed by atoms with Gasteiger partial charge in [-0.25, -0.2) is 4.39 Å². The largest absolute Gasteiger partial charge is 0.369 e. The molecule has 7 rings (SSSR count). The number of Topliss-reactive ketones (excluding diaryl/α,β-unsaturated/α-hetero) is 1. The van der Waals surface area contributed by atoms with Gasteiger partial charge in [0.2, 0.25) is 0 Å². The Morgan fingerprint density at radius 3 is 2.80 bits per heavy atom. The number of ether oxygens (including phenoxy) is 1. The zero-order valence-corrected chi connectivity index (χ0v) is 24.0. The predicted molar refractivity (Wildman–Crippen MR) is 151 cm³/mol. The lowest BCUT2D eigenvalue weighted by atomic mass is 9.69. The fourth-order valence-corrected chi connectivity index (χ4v) is 8.77. The molecule has 10 heteroatoms. The zero-order valence-electron chi connectivity index (χ0n) is 24.0. The SMILES string of the molecule is CN1CCC[C@H]1CCNC(=O)C1=CN2C3CCCCC3OC3C(N4CCC(c5cnccn5)C4)C(F)CC(C1=O)C32. The van der Waals surface area contributed by atoms with Crippen molar-refractivity contribution in [2.45, 2.75) is 106 Å². The first kappa shape index (κ1) is 27.4. The van der Waals surface area contributed by atoms with E-state index in [9.17, 15) is 9.59 Å². The Morgan fingerprint density at radius 1 is 1.12 bits per heavy atom. The van der Waals surface area contributed by atoms with Crippen LogP contribution in [-0.4, -0.2) is 112 Å². The molecular weight excluding hydrogens is 523 g/mol. The van der Waals surface area contributed by atoms with Crippen molar-refractivity contribution >= 4 is 11.7 Å². The molecule has 1 amide bonds. The van der Waals surface area contributed by atoms with E-state index in [4.69, 9.17) is 4.74 Å². The summed E-state index contributed by atoms with van der Waals surface area (Å²) in [6.45, 7) is 3.12. The van der Waals surface area contributed by atoms with Gasteiger partial charge in [-0.05, 0) is 65.1 Å². The number of carbonyl (C=O) groups excluding carboxylic acids is 2. The smallest absolute Gasteiger partial charge is 0.256 e. The molecule has 41 heavy (non-hydrogen) atoms. The Balaban J connectivity index is 1.13. The summed E-state index contributed by atoms with van der Waals surface area (Å²) in [4.78, 5) is 42.9. The minimum atomic E-state index is -1.20. The molecule has 2 saturated carbocycles. The van der Waals surface area contributed by atoms with E-state index < -0.39 is 24.2 Å². The van der Waals surface area contributed by atoms with E-state index in [0.29, 0.717) is 19.1 Å². The summed E-state index contributed by atoms with van der Waals surface area (Å²) in [5, 5.41) is 3.03. The number of fused-ring (bicyclic) bond motifs is 2. The average Bonchev–Trinajstić information content (AvgIpc) is 3.64. The highest BCUT2D eigenvalue weighted by molar-refractivity contribution is 6.20. The van der Waals surface area contributed by atoms with Gasteiger partial charge in [-0.2, -0.15) is 0 Å². The van der Waals surface area contributed by atoms with Crippen LogP contribution in [0, 0.1) is 5.92 Å². The standard InChI is InChI=1S/C31H43FN6O3/c1-36-13-4-5-20(36)8-10-35-31(40)22-18-38-25-6-2-3-7-26(25)41-30-27(38)21(29(22)39)15-23(32)28(30)37-14-9-19(17-37)24-16-33-11-12-34-24/h11-12,16,18-21,23,25-28,30H,2-10,13-15,17H2,1H3,(H,35,40)/t19?,20-,21?,23?,25?,26?,27?,28?,30?/m0/s1. The van der Waals surface area contributed by atoms with E-state index in [0.717, 1.165) is 63.7 Å². The summed E-state index contributed by atoms with van der Waals surface area (Å²) in [6, 6.07) is -0.0555. The molecule has 1 aromatic heterocycles. The van der Waals surface area contributed by atoms with Crippen molar-refractivity contribution in [2.75, 3.05) is 33.2 Å². The van der Waals surface area contributed by atoms with Gasteiger partial charge < -0.3 is 19.9 Å². The van der Waals surface area contributed by atoms with Gasteiger partial charge in [-0.3, -0.25) is 24.5 Å². The number of aromatic nitrogens is 2. The van der Waals surface area contributed by atoms with Crippen LogP contribution in [0.1, 0.15) is 69.4 Å². The van der Waals surface area contributed by atoms with E-state index in [1.54, 1.807) is 12.4 Å². The second-order valence-corrected chi connectivity index (χ2v) is 13.1. The van der Waals surface area contributed by atoms with Gasteiger partial charge in [-0.15, -0.1) is 0 Å². The van der Waals surface area contributed by atoms with Crippen LogP contribution in [-0.2, 0) is 14.3 Å². The number of ketones is 1. The Kier molecular flexibility index (Phi) is 7.58. The van der Waals surface area contributed by atoms with Crippen LogP contribution in [0.25, 0.3) is 0 Å². The van der Waals surface area contributed by atoms with Crippen LogP contribution in [0.3, 0.4) is 0 Å². The molecule has 0 spiro atoms. The lowest BCUT2D eigenvalue weighted by Gasteiger charge is -2.60. The highest BCUT2D eigenvalue weighted by atomic mass is 19.1. The summed E-state index contributed by atoms with van der Waals surface area (Å²) in [6.07, 6.45) is 13.7. The molecule has 5 heterocycles. The first-order valence-electron chi connectivity index (χ1n) is 15.8. The van der Waals surface area contributed by atoms with Crippen LogP contribution in [0.5, 0.6) is 0 Å². The van der Waals surface area contributed by atoms with Gasteiger partial charge in [0.1, 0.15) is 6.17 Å². The Bertz CT molecular complexity index is 1170. The van der Waals surface area contributed by atoms with Crippen LogP contribution < -0.4 is 5.32 Å². The van der Waals surface area contributed by atoms with Crippen LogP contribution in [0.15, 0.2) is 30.4 Å². The molecule has 1 N–H and O–H groups in total. The molecule has 4 aliphatic heterocycles. The molecule has 5 fully saturated rings. The lowest BCUT2D eigenvalue weighted by molar-refractivity contribution is -0.209. The van der Waals surface area contributed by atoms with E-state index >= 15 is 4.39 Å². The van der Waals surface area contributed by atoms with Crippen molar-refractivity contribution in [2.24, 2.45) is 5.92 Å². The third-order valence-corrected chi connectivity index (χ3v) is 10.9. The van der Waals surface area contributed by atoms with E-state index in [2.05, 4.69) is 37.0 Å². The van der Waals surface area contributed by atoms with Crippen molar-refractivity contribution in [3.05, 3.63) is 36.1 Å². The number of morpholine rings is 1. The Morgan fingerprint density at radius 2 is 2.00 bits per heavy atom. The van der Waals surface area contributed by atoms with Gasteiger partial charge in [0.05, 0.1) is 41.6 Å².